The Kier molecular flexibility index (Phi) is 4.06. The van der Waals surface area contributed by atoms with E-state index in [2.05, 4.69) is 36.1 Å². The number of nitrogens with zero attached hydrogens (tertiary/aromatic N) is 2. The van der Waals surface area contributed by atoms with Crippen LogP contribution in [0.1, 0.15) is 43.4 Å². The van der Waals surface area contributed by atoms with Crippen molar-refractivity contribution in [3.63, 3.8) is 0 Å². The average molecular weight is 272 g/mol. The van der Waals surface area contributed by atoms with Crippen molar-refractivity contribution in [1.29, 1.82) is 0 Å². The Morgan fingerprint density at radius 2 is 1.95 bits per heavy atom. The lowest BCUT2D eigenvalue weighted by Crippen LogP contribution is -2.49. The molecule has 1 atom stereocenters. The first kappa shape index (κ1) is 13.6. The number of carbonyl (C=O) groups is 1. The Morgan fingerprint density at radius 1 is 1.20 bits per heavy atom. The predicted octanol–water partition coefficient (Wildman–Crippen LogP) is 2.62. The van der Waals surface area contributed by atoms with Gasteiger partial charge in [0.1, 0.15) is 0 Å². The first-order chi connectivity index (χ1) is 9.79. The fraction of sp³-hybridized carbons (Fsp3) is 0.588. The monoisotopic (exact) mass is 272 g/mol. The van der Waals surface area contributed by atoms with Gasteiger partial charge in [-0.05, 0) is 30.4 Å². The number of rotatable bonds is 3. The van der Waals surface area contributed by atoms with E-state index in [0.717, 1.165) is 32.6 Å². The molecule has 2 aliphatic rings. The Hall–Kier alpha value is -1.35. The quantitative estimate of drug-likeness (QED) is 0.844. The molecule has 3 nitrogen and oxygen atoms in total. The van der Waals surface area contributed by atoms with Crippen LogP contribution >= 0.6 is 0 Å². The summed E-state index contributed by atoms with van der Waals surface area (Å²) in [5.41, 5.74) is 3.03. The minimum Gasteiger partial charge on any atom is -0.340 e. The van der Waals surface area contributed by atoms with Crippen LogP contribution in [0.15, 0.2) is 24.3 Å². The third kappa shape index (κ3) is 2.59. The maximum absolute atomic E-state index is 11.9. The fourth-order valence-corrected chi connectivity index (χ4v) is 3.57. The number of amides is 1. The first-order valence-electron chi connectivity index (χ1n) is 7.89. The van der Waals surface area contributed by atoms with Crippen molar-refractivity contribution in [2.24, 2.45) is 0 Å². The smallest absolute Gasteiger partial charge is 0.222 e. The Balaban J connectivity index is 1.61. The molecule has 1 heterocycles. The molecule has 1 aliphatic carbocycles. The zero-order chi connectivity index (χ0) is 13.9. The maximum atomic E-state index is 11.9. The average Bonchev–Trinajstić information content (AvgIpc) is 2.92. The van der Waals surface area contributed by atoms with Crippen molar-refractivity contribution in [2.75, 3.05) is 26.2 Å². The highest BCUT2D eigenvalue weighted by molar-refractivity contribution is 5.76. The standard InChI is InChI=1S/C17H24N2O/c1-2-5-17(20)19-12-10-18(11-13-19)16-9-8-14-6-3-4-7-15(14)16/h3-4,6-7,16H,2,5,8-13H2,1H3. The van der Waals surface area contributed by atoms with Gasteiger partial charge in [-0.2, -0.15) is 0 Å². The molecule has 1 aliphatic heterocycles. The van der Waals surface area contributed by atoms with Crippen LogP contribution in [-0.4, -0.2) is 41.9 Å². The number of hydrogen-bond donors (Lipinski definition) is 0. The van der Waals surface area contributed by atoms with Gasteiger partial charge in [0.05, 0.1) is 0 Å². The molecule has 0 bridgehead atoms. The van der Waals surface area contributed by atoms with E-state index in [4.69, 9.17) is 0 Å². The van der Waals surface area contributed by atoms with Gasteiger partial charge < -0.3 is 4.90 Å². The SMILES string of the molecule is CCCC(=O)N1CCN(C2CCc3ccccc32)CC1. The summed E-state index contributed by atoms with van der Waals surface area (Å²) in [6.45, 7) is 5.92. The van der Waals surface area contributed by atoms with Crippen molar-refractivity contribution in [1.82, 2.24) is 9.80 Å². The molecular weight excluding hydrogens is 248 g/mol. The molecule has 0 saturated carbocycles. The molecule has 1 fully saturated rings. The van der Waals surface area contributed by atoms with Crippen LogP contribution in [0, 0.1) is 0 Å². The van der Waals surface area contributed by atoms with Crippen molar-refractivity contribution in [2.45, 2.75) is 38.6 Å². The zero-order valence-electron chi connectivity index (χ0n) is 12.3. The summed E-state index contributed by atoms with van der Waals surface area (Å²) in [4.78, 5) is 16.5. The van der Waals surface area contributed by atoms with E-state index in [9.17, 15) is 4.79 Å². The molecule has 1 amide bonds. The second-order valence-electron chi connectivity index (χ2n) is 5.92. The molecule has 0 radical (unpaired) electrons. The van der Waals surface area contributed by atoms with Crippen LogP contribution in [0.25, 0.3) is 0 Å². The molecule has 3 rings (SSSR count). The molecule has 0 N–H and O–H groups in total. The number of aryl methyl sites for hydroxylation is 1. The molecular formula is C17H24N2O. The van der Waals surface area contributed by atoms with E-state index in [1.54, 1.807) is 0 Å². The Morgan fingerprint density at radius 3 is 2.70 bits per heavy atom. The minimum absolute atomic E-state index is 0.332. The summed E-state index contributed by atoms with van der Waals surface area (Å²) < 4.78 is 0. The Bertz CT molecular complexity index is 478. The lowest BCUT2D eigenvalue weighted by molar-refractivity contribution is -0.133. The van der Waals surface area contributed by atoms with Gasteiger partial charge in [0.15, 0.2) is 0 Å². The third-order valence-electron chi connectivity index (χ3n) is 4.67. The summed E-state index contributed by atoms with van der Waals surface area (Å²) in [6.07, 6.45) is 4.10. The zero-order valence-corrected chi connectivity index (χ0v) is 12.3. The van der Waals surface area contributed by atoms with Gasteiger partial charge in [0.2, 0.25) is 5.91 Å². The largest absolute Gasteiger partial charge is 0.340 e. The normalized spacial score (nSPS) is 22.9. The summed E-state index contributed by atoms with van der Waals surface area (Å²) in [5, 5.41) is 0. The highest BCUT2D eigenvalue weighted by Gasteiger charge is 2.30. The molecule has 1 unspecified atom stereocenters. The minimum atomic E-state index is 0.332. The number of fused-ring (bicyclic) bond motifs is 1. The molecule has 108 valence electrons. The Labute approximate surface area is 121 Å². The first-order valence-corrected chi connectivity index (χ1v) is 7.89. The van der Waals surface area contributed by atoms with E-state index in [-0.39, 0.29) is 0 Å². The lowest BCUT2D eigenvalue weighted by atomic mass is 10.1. The van der Waals surface area contributed by atoms with Crippen molar-refractivity contribution in [3.05, 3.63) is 35.4 Å². The summed E-state index contributed by atoms with van der Waals surface area (Å²) in [7, 11) is 0. The van der Waals surface area contributed by atoms with Gasteiger partial charge in [0.25, 0.3) is 0 Å². The maximum Gasteiger partial charge on any atom is 0.222 e. The van der Waals surface area contributed by atoms with Gasteiger partial charge in [-0.3, -0.25) is 9.69 Å². The van der Waals surface area contributed by atoms with Crippen molar-refractivity contribution in [3.8, 4) is 0 Å². The fourth-order valence-electron chi connectivity index (χ4n) is 3.57. The van der Waals surface area contributed by atoms with E-state index in [1.807, 2.05) is 4.90 Å². The molecule has 20 heavy (non-hydrogen) atoms. The lowest BCUT2D eigenvalue weighted by Gasteiger charge is -2.38. The van der Waals surface area contributed by atoms with Gasteiger partial charge in [0, 0.05) is 38.6 Å². The molecule has 1 aromatic carbocycles. The molecule has 1 aromatic rings. The summed E-state index contributed by atoms with van der Waals surface area (Å²) in [5.74, 6) is 0.332. The number of piperazine rings is 1. The van der Waals surface area contributed by atoms with Gasteiger partial charge >= 0.3 is 0 Å². The van der Waals surface area contributed by atoms with Crippen LogP contribution in [0.2, 0.25) is 0 Å². The summed E-state index contributed by atoms with van der Waals surface area (Å²) in [6, 6.07) is 9.41. The van der Waals surface area contributed by atoms with E-state index in [0.29, 0.717) is 18.4 Å². The summed E-state index contributed by atoms with van der Waals surface area (Å²) >= 11 is 0. The van der Waals surface area contributed by atoms with Crippen LogP contribution in [0.5, 0.6) is 0 Å². The van der Waals surface area contributed by atoms with Crippen LogP contribution < -0.4 is 0 Å². The van der Waals surface area contributed by atoms with Gasteiger partial charge in [-0.25, -0.2) is 0 Å². The number of hydrogen-bond acceptors (Lipinski definition) is 2. The van der Waals surface area contributed by atoms with Gasteiger partial charge in [-0.15, -0.1) is 0 Å². The second kappa shape index (κ2) is 5.96. The predicted molar refractivity (Wildman–Crippen MR) is 80.6 cm³/mol. The molecule has 3 heteroatoms. The van der Waals surface area contributed by atoms with Crippen LogP contribution in [0.4, 0.5) is 0 Å². The van der Waals surface area contributed by atoms with Crippen LogP contribution in [0.3, 0.4) is 0 Å². The highest BCUT2D eigenvalue weighted by atomic mass is 16.2. The van der Waals surface area contributed by atoms with Crippen molar-refractivity contribution >= 4 is 5.91 Å². The van der Waals surface area contributed by atoms with E-state index >= 15 is 0 Å². The number of carbonyl (C=O) groups excluding carboxylic acids is 1. The van der Waals surface area contributed by atoms with E-state index < -0.39 is 0 Å². The van der Waals surface area contributed by atoms with Gasteiger partial charge in [-0.1, -0.05) is 31.2 Å². The second-order valence-corrected chi connectivity index (χ2v) is 5.92. The van der Waals surface area contributed by atoms with Crippen LogP contribution in [-0.2, 0) is 11.2 Å². The van der Waals surface area contributed by atoms with Crippen molar-refractivity contribution < 1.29 is 4.79 Å². The third-order valence-corrected chi connectivity index (χ3v) is 4.67. The topological polar surface area (TPSA) is 23.6 Å². The molecule has 0 aromatic heterocycles. The highest BCUT2D eigenvalue weighted by Crippen LogP contribution is 2.35. The molecule has 0 spiro atoms. The number of benzene rings is 1. The van der Waals surface area contributed by atoms with E-state index in [1.165, 1.54) is 24.0 Å². The molecule has 1 saturated heterocycles.